The van der Waals surface area contributed by atoms with E-state index in [0.717, 1.165) is 82.9 Å². The summed E-state index contributed by atoms with van der Waals surface area (Å²) in [4.78, 5) is 10.8. The van der Waals surface area contributed by atoms with Crippen LogP contribution in [0.25, 0.3) is 85.9 Å². The minimum absolute atomic E-state index is 0.383. The van der Waals surface area contributed by atoms with E-state index in [1.54, 1.807) is 0 Å². The molecule has 1 N–H and O–H groups in total. The Morgan fingerprint density at radius 3 is 2.09 bits per heavy atom. The van der Waals surface area contributed by atoms with Crippen molar-refractivity contribution < 1.29 is 8.83 Å². The number of furan rings is 2. The van der Waals surface area contributed by atoms with E-state index in [2.05, 4.69) is 139 Å². The molecule has 0 amide bonds. The maximum absolute atomic E-state index is 6.83. The Bertz CT molecular complexity index is 3440. The minimum atomic E-state index is -0.383. The van der Waals surface area contributed by atoms with Gasteiger partial charge in [0, 0.05) is 64.0 Å². The number of hydrogen-bond donors (Lipinski definition) is 1. The van der Waals surface area contributed by atoms with Crippen LogP contribution >= 0.6 is 11.3 Å². The van der Waals surface area contributed by atoms with Gasteiger partial charge in [-0.15, -0.1) is 11.3 Å². The van der Waals surface area contributed by atoms with Crippen LogP contribution in [0.2, 0.25) is 0 Å². The van der Waals surface area contributed by atoms with Crippen molar-refractivity contribution in [1.29, 1.82) is 0 Å². The summed E-state index contributed by atoms with van der Waals surface area (Å²) in [7, 11) is 0. The molecule has 0 fully saturated rings. The Morgan fingerprint density at radius 2 is 1.16 bits per heavy atom. The van der Waals surface area contributed by atoms with Gasteiger partial charge in [-0.25, -0.2) is 9.98 Å². The quantitative estimate of drug-likeness (QED) is 0.197. The van der Waals surface area contributed by atoms with Crippen molar-refractivity contribution >= 4 is 97.8 Å². The molecule has 258 valence electrons. The molecule has 1 aliphatic heterocycles. The van der Waals surface area contributed by atoms with E-state index in [9.17, 15) is 0 Å². The van der Waals surface area contributed by atoms with Crippen molar-refractivity contribution in [3.8, 4) is 11.1 Å². The second kappa shape index (κ2) is 11.7. The molecule has 1 unspecified atom stereocenters. The number of amidine groups is 2. The molecule has 0 saturated heterocycles. The molecule has 0 aliphatic carbocycles. The first kappa shape index (κ1) is 30.4. The number of benzene rings is 8. The zero-order chi connectivity index (χ0) is 36.0. The molecule has 1 aliphatic rings. The fraction of sp³-hybridized carbons (Fsp3) is 0.0204. The Morgan fingerprint density at radius 1 is 0.491 bits per heavy atom. The second-order valence-corrected chi connectivity index (χ2v) is 15.2. The molecule has 3 aromatic heterocycles. The van der Waals surface area contributed by atoms with E-state index in [1.807, 2.05) is 41.7 Å². The van der Waals surface area contributed by atoms with Crippen LogP contribution in [0.3, 0.4) is 0 Å². The maximum Gasteiger partial charge on any atom is 0.160 e. The first-order valence-electron chi connectivity index (χ1n) is 18.4. The van der Waals surface area contributed by atoms with E-state index in [1.165, 1.54) is 25.6 Å². The molecule has 8 aromatic carbocycles. The van der Waals surface area contributed by atoms with Crippen LogP contribution in [0, 0.1) is 0 Å². The third kappa shape index (κ3) is 4.65. The minimum Gasteiger partial charge on any atom is -0.456 e. The van der Waals surface area contributed by atoms with Crippen LogP contribution in [-0.2, 0) is 0 Å². The number of nitrogens with one attached hydrogen (secondary N) is 1. The van der Waals surface area contributed by atoms with Crippen molar-refractivity contribution in [3.63, 3.8) is 0 Å². The highest BCUT2D eigenvalue weighted by Gasteiger charge is 2.26. The van der Waals surface area contributed by atoms with Gasteiger partial charge in [-0.3, -0.25) is 0 Å². The number of nitrogens with zero attached hydrogens (tertiary/aromatic N) is 2. The highest BCUT2D eigenvalue weighted by atomic mass is 32.1. The van der Waals surface area contributed by atoms with Gasteiger partial charge >= 0.3 is 0 Å². The Balaban J connectivity index is 1.09. The van der Waals surface area contributed by atoms with Gasteiger partial charge in [0.05, 0.1) is 0 Å². The lowest BCUT2D eigenvalue weighted by molar-refractivity contribution is 0.668. The monoisotopic (exact) mass is 723 g/mol. The summed E-state index contributed by atoms with van der Waals surface area (Å²) in [5.41, 5.74) is 8.46. The molecule has 12 rings (SSSR count). The SMILES string of the molecule is c1ccc2cc(C3=NC(c4cccc5oc6c(-c7cccc8oc9ccccc9c78)cccc6c45)=NC(c4cccc5sc6ccccc6c45)N3)ccc2c1. The van der Waals surface area contributed by atoms with Gasteiger partial charge in [0.25, 0.3) is 0 Å². The average Bonchev–Trinajstić information content (AvgIpc) is 3.95. The zero-order valence-electron chi connectivity index (χ0n) is 29.3. The standard InChI is InChI=1S/C49H29N3O2S/c1-2-12-29-27-30(26-25-28(29)11-1)47-50-48(52-49(51-47)37-19-10-24-42-45(37)34-14-4-6-23-41(34)55-42)36-18-9-22-40-44(36)35-17-7-16-32(46(35)54-40)31-15-8-21-39-43(31)33-13-3-5-20-38(33)53-39/h1-27,49H,(H,50,51,52). The second-order valence-electron chi connectivity index (χ2n) is 14.1. The number of thiophene rings is 1. The van der Waals surface area contributed by atoms with Gasteiger partial charge in [-0.1, -0.05) is 127 Å². The van der Waals surface area contributed by atoms with E-state index in [-0.39, 0.29) is 6.17 Å². The van der Waals surface area contributed by atoms with Crippen LogP contribution in [0.5, 0.6) is 0 Å². The third-order valence-corrected chi connectivity index (χ3v) is 12.1. The fourth-order valence-corrected chi connectivity index (χ4v) is 9.63. The summed E-state index contributed by atoms with van der Waals surface area (Å²) < 4.78 is 15.6. The fourth-order valence-electron chi connectivity index (χ4n) is 8.49. The molecule has 0 radical (unpaired) electrons. The highest BCUT2D eigenvalue weighted by molar-refractivity contribution is 7.25. The topological polar surface area (TPSA) is 63.0 Å². The summed E-state index contributed by atoms with van der Waals surface area (Å²) in [5, 5.41) is 12.7. The first-order valence-corrected chi connectivity index (χ1v) is 19.2. The Labute approximate surface area is 318 Å². The number of para-hydroxylation sites is 2. The van der Waals surface area contributed by atoms with E-state index >= 15 is 0 Å². The van der Waals surface area contributed by atoms with Gasteiger partial charge in [0.1, 0.15) is 34.3 Å². The van der Waals surface area contributed by atoms with E-state index in [4.69, 9.17) is 18.8 Å². The normalized spacial score (nSPS) is 14.7. The van der Waals surface area contributed by atoms with Gasteiger partial charge in [0.2, 0.25) is 0 Å². The smallest absolute Gasteiger partial charge is 0.160 e. The van der Waals surface area contributed by atoms with Crippen molar-refractivity contribution in [2.24, 2.45) is 9.98 Å². The predicted molar refractivity (Wildman–Crippen MR) is 229 cm³/mol. The lowest BCUT2D eigenvalue weighted by Crippen LogP contribution is -2.33. The average molecular weight is 724 g/mol. The molecule has 5 nitrogen and oxygen atoms in total. The number of aliphatic imine (C=N–C) groups is 2. The predicted octanol–water partition coefficient (Wildman–Crippen LogP) is 13.2. The number of fused-ring (bicyclic) bond motifs is 10. The van der Waals surface area contributed by atoms with E-state index < -0.39 is 0 Å². The molecule has 1 atom stereocenters. The van der Waals surface area contributed by atoms with Crippen LogP contribution in [-0.4, -0.2) is 11.7 Å². The maximum atomic E-state index is 6.83. The van der Waals surface area contributed by atoms with Crippen molar-refractivity contribution in [3.05, 3.63) is 180 Å². The van der Waals surface area contributed by atoms with Crippen LogP contribution < -0.4 is 5.32 Å². The van der Waals surface area contributed by atoms with Gasteiger partial charge in [-0.05, 0) is 52.7 Å². The zero-order valence-corrected chi connectivity index (χ0v) is 30.1. The summed E-state index contributed by atoms with van der Waals surface area (Å²) in [6.07, 6.45) is -0.383. The first-order chi connectivity index (χ1) is 27.2. The highest BCUT2D eigenvalue weighted by Crippen LogP contribution is 2.43. The lowest BCUT2D eigenvalue weighted by atomic mass is 9.96. The van der Waals surface area contributed by atoms with Crippen LogP contribution in [0.15, 0.2) is 183 Å². The van der Waals surface area contributed by atoms with Crippen molar-refractivity contribution in [1.82, 2.24) is 5.32 Å². The molecular formula is C49H29N3O2S. The number of rotatable bonds is 4. The lowest BCUT2D eigenvalue weighted by Gasteiger charge is -2.24. The summed E-state index contributed by atoms with van der Waals surface area (Å²) in [6, 6.07) is 57.2. The number of hydrogen-bond acceptors (Lipinski definition) is 6. The largest absolute Gasteiger partial charge is 0.456 e. The van der Waals surface area contributed by atoms with Crippen LogP contribution in [0.1, 0.15) is 22.9 Å². The summed E-state index contributed by atoms with van der Waals surface area (Å²) in [6.45, 7) is 0. The van der Waals surface area contributed by atoms with Gasteiger partial charge in [-0.2, -0.15) is 0 Å². The third-order valence-electron chi connectivity index (χ3n) is 11.0. The molecule has 0 saturated carbocycles. The van der Waals surface area contributed by atoms with Crippen molar-refractivity contribution in [2.75, 3.05) is 0 Å². The Hall–Kier alpha value is -7.02. The molecule has 11 aromatic rings. The molecular weight excluding hydrogens is 695 g/mol. The Kier molecular flexibility index (Phi) is 6.50. The van der Waals surface area contributed by atoms with Crippen LogP contribution in [0.4, 0.5) is 0 Å². The van der Waals surface area contributed by atoms with Gasteiger partial charge < -0.3 is 14.2 Å². The molecule has 55 heavy (non-hydrogen) atoms. The molecule has 0 spiro atoms. The summed E-state index contributed by atoms with van der Waals surface area (Å²) in [5.74, 6) is 1.44. The molecule has 0 bridgehead atoms. The summed E-state index contributed by atoms with van der Waals surface area (Å²) >= 11 is 1.82. The van der Waals surface area contributed by atoms with Crippen molar-refractivity contribution in [2.45, 2.75) is 6.17 Å². The van der Waals surface area contributed by atoms with E-state index in [0.29, 0.717) is 5.84 Å². The van der Waals surface area contributed by atoms with Gasteiger partial charge in [0.15, 0.2) is 5.84 Å². The molecule has 6 heteroatoms. The molecule has 4 heterocycles.